The van der Waals surface area contributed by atoms with E-state index in [1.165, 1.54) is 12.4 Å². The zero-order valence-corrected chi connectivity index (χ0v) is 13.2. The number of H-pyrrole nitrogens is 1. The molecule has 0 saturated carbocycles. The van der Waals surface area contributed by atoms with Crippen LogP contribution in [-0.4, -0.2) is 34.7 Å². The van der Waals surface area contributed by atoms with E-state index in [9.17, 15) is 9.59 Å². The molecule has 0 spiro atoms. The van der Waals surface area contributed by atoms with Gasteiger partial charge in [0.2, 0.25) is 0 Å². The van der Waals surface area contributed by atoms with Gasteiger partial charge in [0, 0.05) is 18.1 Å². The number of esters is 1. The van der Waals surface area contributed by atoms with Crippen molar-refractivity contribution in [1.82, 2.24) is 15.4 Å². The third-order valence-electron chi connectivity index (χ3n) is 3.24. The molecule has 0 unspecified atom stereocenters. The van der Waals surface area contributed by atoms with Crippen molar-refractivity contribution in [2.75, 3.05) is 6.61 Å². The molecule has 7 nitrogen and oxygen atoms in total. The van der Waals surface area contributed by atoms with Crippen molar-refractivity contribution < 1.29 is 14.3 Å². The van der Waals surface area contributed by atoms with Gasteiger partial charge in [-0.25, -0.2) is 10.2 Å². The van der Waals surface area contributed by atoms with Crippen molar-refractivity contribution in [3.05, 3.63) is 52.6 Å². The summed E-state index contributed by atoms with van der Waals surface area (Å²) >= 11 is 0. The summed E-state index contributed by atoms with van der Waals surface area (Å²) in [5, 5.41) is 3.90. The second-order valence-corrected chi connectivity index (χ2v) is 4.82. The van der Waals surface area contributed by atoms with E-state index in [1.807, 2.05) is 0 Å². The van der Waals surface area contributed by atoms with Crippen LogP contribution >= 0.6 is 0 Å². The molecule has 23 heavy (non-hydrogen) atoms. The first kappa shape index (κ1) is 16.4. The van der Waals surface area contributed by atoms with E-state index in [0.29, 0.717) is 29.1 Å². The molecule has 0 radical (unpaired) electrons. The number of aromatic amines is 1. The predicted octanol–water partition coefficient (Wildman–Crippen LogP) is 1.97. The molecule has 0 bridgehead atoms. The summed E-state index contributed by atoms with van der Waals surface area (Å²) in [7, 11) is 0. The van der Waals surface area contributed by atoms with Crippen molar-refractivity contribution in [3.8, 4) is 0 Å². The van der Waals surface area contributed by atoms with Crippen LogP contribution in [0.15, 0.2) is 29.6 Å². The lowest BCUT2D eigenvalue weighted by Crippen LogP contribution is -2.17. The van der Waals surface area contributed by atoms with E-state index in [2.05, 4.69) is 20.5 Å². The zero-order chi connectivity index (χ0) is 16.8. The molecule has 0 aromatic carbocycles. The van der Waals surface area contributed by atoms with Crippen molar-refractivity contribution >= 4 is 18.1 Å². The van der Waals surface area contributed by atoms with E-state index < -0.39 is 0 Å². The molecule has 2 aromatic heterocycles. The Morgan fingerprint density at radius 2 is 2.22 bits per heavy atom. The van der Waals surface area contributed by atoms with Crippen LogP contribution in [0.1, 0.15) is 44.6 Å². The first-order chi connectivity index (χ1) is 11.0. The highest BCUT2D eigenvalue weighted by atomic mass is 16.5. The van der Waals surface area contributed by atoms with E-state index in [-0.39, 0.29) is 11.9 Å². The quantitative estimate of drug-likeness (QED) is 0.501. The van der Waals surface area contributed by atoms with Crippen LogP contribution in [0.25, 0.3) is 0 Å². The van der Waals surface area contributed by atoms with Gasteiger partial charge in [0.25, 0.3) is 5.91 Å². The maximum absolute atomic E-state index is 11.9. The molecule has 0 aliphatic carbocycles. The first-order valence-corrected chi connectivity index (χ1v) is 7.14. The fourth-order valence-corrected chi connectivity index (χ4v) is 2.13. The number of aromatic nitrogens is 2. The maximum atomic E-state index is 11.9. The summed E-state index contributed by atoms with van der Waals surface area (Å²) in [4.78, 5) is 30.7. The Bertz CT molecular complexity index is 735. The fraction of sp³-hybridized carbons (Fsp3) is 0.250. The summed E-state index contributed by atoms with van der Waals surface area (Å²) < 4.78 is 5.02. The topological polar surface area (TPSA) is 96.4 Å². The van der Waals surface area contributed by atoms with Gasteiger partial charge in [-0.3, -0.25) is 9.78 Å². The number of carbonyl (C=O) groups is 2. The number of carbonyl (C=O) groups excluding carboxylic acids is 2. The van der Waals surface area contributed by atoms with Gasteiger partial charge in [0.15, 0.2) is 0 Å². The highest BCUT2D eigenvalue weighted by molar-refractivity contribution is 5.97. The predicted molar refractivity (Wildman–Crippen MR) is 85.5 cm³/mol. The molecule has 0 aliphatic heterocycles. The van der Waals surface area contributed by atoms with E-state index in [1.54, 1.807) is 39.1 Å². The maximum Gasteiger partial charge on any atom is 0.340 e. The summed E-state index contributed by atoms with van der Waals surface area (Å²) in [6.07, 6.45) is 4.50. The number of nitrogens with one attached hydrogen (secondary N) is 2. The molecule has 0 aliphatic rings. The van der Waals surface area contributed by atoms with Crippen molar-refractivity contribution in [2.45, 2.75) is 20.8 Å². The monoisotopic (exact) mass is 314 g/mol. The average Bonchev–Trinajstić information content (AvgIpc) is 2.82. The number of aryl methyl sites for hydroxylation is 1. The van der Waals surface area contributed by atoms with Crippen LogP contribution in [-0.2, 0) is 4.74 Å². The normalized spacial score (nSPS) is 10.7. The lowest BCUT2D eigenvalue weighted by atomic mass is 10.1. The summed E-state index contributed by atoms with van der Waals surface area (Å²) in [5.74, 6) is -0.737. The Kier molecular flexibility index (Phi) is 5.24. The number of rotatable bonds is 5. The van der Waals surface area contributed by atoms with E-state index >= 15 is 0 Å². The van der Waals surface area contributed by atoms with Crippen LogP contribution in [0, 0.1) is 13.8 Å². The average molecular weight is 314 g/mol. The summed E-state index contributed by atoms with van der Waals surface area (Å²) in [5.41, 5.74) is 5.37. The van der Waals surface area contributed by atoms with Gasteiger partial charge in [-0.1, -0.05) is 0 Å². The van der Waals surface area contributed by atoms with Crippen LogP contribution in [0.5, 0.6) is 0 Å². The molecule has 0 atom stereocenters. The fourth-order valence-electron chi connectivity index (χ4n) is 2.13. The number of nitrogens with zero attached hydrogens (tertiary/aromatic N) is 2. The lowest BCUT2D eigenvalue weighted by Gasteiger charge is -2.01. The molecule has 0 fully saturated rings. The van der Waals surface area contributed by atoms with Crippen LogP contribution < -0.4 is 5.43 Å². The van der Waals surface area contributed by atoms with Gasteiger partial charge < -0.3 is 9.72 Å². The Morgan fingerprint density at radius 3 is 2.87 bits per heavy atom. The van der Waals surface area contributed by atoms with Gasteiger partial charge >= 0.3 is 5.97 Å². The SMILES string of the molecule is CCOC(=O)c1c(C)[nH]c(/C=N/NC(=O)c2cccnc2)c1C. The van der Waals surface area contributed by atoms with Gasteiger partial charge in [-0.2, -0.15) is 5.10 Å². The van der Waals surface area contributed by atoms with Crippen LogP contribution in [0.2, 0.25) is 0 Å². The highest BCUT2D eigenvalue weighted by Gasteiger charge is 2.18. The minimum Gasteiger partial charge on any atom is -0.462 e. The van der Waals surface area contributed by atoms with Crippen LogP contribution in [0.4, 0.5) is 0 Å². The van der Waals surface area contributed by atoms with Crippen molar-refractivity contribution in [3.63, 3.8) is 0 Å². The molecule has 2 aromatic rings. The standard InChI is InChI=1S/C16H18N4O3/c1-4-23-16(22)14-10(2)13(19-11(14)3)9-18-20-15(21)12-6-5-7-17-8-12/h5-9,19H,4H2,1-3H3,(H,20,21)/b18-9+. The van der Waals surface area contributed by atoms with Crippen molar-refractivity contribution in [2.24, 2.45) is 5.10 Å². The number of ether oxygens (including phenoxy) is 1. The number of hydrogen-bond donors (Lipinski definition) is 2. The second kappa shape index (κ2) is 7.35. The molecule has 7 heteroatoms. The second-order valence-electron chi connectivity index (χ2n) is 4.82. The molecule has 2 heterocycles. The van der Waals surface area contributed by atoms with Gasteiger partial charge in [-0.15, -0.1) is 0 Å². The number of hydrogen-bond acceptors (Lipinski definition) is 5. The van der Waals surface area contributed by atoms with E-state index in [0.717, 1.165) is 5.56 Å². The lowest BCUT2D eigenvalue weighted by molar-refractivity contribution is 0.0525. The van der Waals surface area contributed by atoms with Gasteiger partial charge in [0.1, 0.15) is 0 Å². The van der Waals surface area contributed by atoms with E-state index in [4.69, 9.17) is 4.74 Å². The molecular weight excluding hydrogens is 296 g/mol. The zero-order valence-electron chi connectivity index (χ0n) is 13.2. The number of pyridine rings is 1. The minimum absolute atomic E-state index is 0.313. The highest BCUT2D eigenvalue weighted by Crippen LogP contribution is 2.17. The van der Waals surface area contributed by atoms with Crippen molar-refractivity contribution in [1.29, 1.82) is 0 Å². The molecule has 120 valence electrons. The minimum atomic E-state index is -0.377. The largest absolute Gasteiger partial charge is 0.462 e. The third kappa shape index (κ3) is 3.82. The number of amides is 1. The number of hydrazone groups is 1. The Morgan fingerprint density at radius 1 is 1.43 bits per heavy atom. The van der Waals surface area contributed by atoms with Crippen LogP contribution in [0.3, 0.4) is 0 Å². The van der Waals surface area contributed by atoms with Gasteiger partial charge in [-0.05, 0) is 38.5 Å². The summed E-state index contributed by atoms with van der Waals surface area (Å²) in [6.45, 7) is 5.64. The van der Waals surface area contributed by atoms with Gasteiger partial charge in [0.05, 0.1) is 29.6 Å². The Labute approximate surface area is 133 Å². The summed E-state index contributed by atoms with van der Waals surface area (Å²) in [6, 6.07) is 3.31. The Hall–Kier alpha value is -2.96. The molecule has 2 N–H and O–H groups in total. The Balaban J connectivity index is 2.10. The molecule has 2 rings (SSSR count). The molecule has 0 saturated heterocycles. The first-order valence-electron chi connectivity index (χ1n) is 7.14. The smallest absolute Gasteiger partial charge is 0.340 e. The molecule has 1 amide bonds. The third-order valence-corrected chi connectivity index (χ3v) is 3.24. The molecular formula is C16H18N4O3.